The Bertz CT molecular complexity index is 808. The summed E-state index contributed by atoms with van der Waals surface area (Å²) in [6.07, 6.45) is 0. The molecule has 0 radical (unpaired) electrons. The second kappa shape index (κ2) is 7.45. The summed E-state index contributed by atoms with van der Waals surface area (Å²) in [5.41, 5.74) is 2.46. The number of aryl methyl sites for hydroxylation is 2. The van der Waals surface area contributed by atoms with Crippen LogP contribution in [0.5, 0.6) is 17.2 Å². The Labute approximate surface area is 147 Å². The summed E-state index contributed by atoms with van der Waals surface area (Å²) in [5.74, 6) is 2.42. The number of rotatable bonds is 5. The van der Waals surface area contributed by atoms with Crippen LogP contribution in [0.1, 0.15) is 11.1 Å². The molecule has 0 N–H and O–H groups in total. The molecule has 0 saturated heterocycles. The maximum Gasteiger partial charge on any atom is 0.145 e. The molecule has 0 aromatic heterocycles. The van der Waals surface area contributed by atoms with Crippen LogP contribution >= 0.6 is 11.8 Å². The fourth-order valence-corrected chi connectivity index (χ4v) is 3.26. The lowest BCUT2D eigenvalue weighted by Crippen LogP contribution is -1.91. The molecule has 0 fully saturated rings. The first-order chi connectivity index (χ1) is 11.7. The molecule has 0 amide bonds. The molecule has 0 aliphatic heterocycles. The predicted molar refractivity (Wildman–Crippen MR) is 99.5 cm³/mol. The van der Waals surface area contributed by atoms with Crippen molar-refractivity contribution in [3.63, 3.8) is 0 Å². The summed E-state index contributed by atoms with van der Waals surface area (Å²) >= 11 is 1.65. The Hall–Kier alpha value is -2.39. The molecule has 0 saturated carbocycles. The number of hydrogen-bond acceptors (Lipinski definition) is 3. The van der Waals surface area contributed by atoms with Gasteiger partial charge in [-0.05, 0) is 50.2 Å². The van der Waals surface area contributed by atoms with Gasteiger partial charge in [0, 0.05) is 4.90 Å². The number of methoxy groups -OCH3 is 1. The maximum atomic E-state index is 6.10. The number of benzene rings is 3. The molecule has 0 unspecified atom stereocenters. The highest BCUT2D eigenvalue weighted by atomic mass is 32.2. The van der Waals surface area contributed by atoms with E-state index in [1.54, 1.807) is 18.9 Å². The molecule has 24 heavy (non-hydrogen) atoms. The van der Waals surface area contributed by atoms with E-state index >= 15 is 0 Å². The third-order valence-electron chi connectivity index (χ3n) is 3.65. The first-order valence-electron chi connectivity index (χ1n) is 7.82. The van der Waals surface area contributed by atoms with Crippen LogP contribution in [0, 0.1) is 13.8 Å². The summed E-state index contributed by atoms with van der Waals surface area (Å²) in [6.45, 7) is 4.15. The highest BCUT2D eigenvalue weighted by Crippen LogP contribution is 2.43. The van der Waals surface area contributed by atoms with E-state index in [2.05, 4.69) is 38.1 Å². The van der Waals surface area contributed by atoms with Crippen molar-refractivity contribution in [2.45, 2.75) is 23.6 Å². The fraction of sp³-hybridized carbons (Fsp3) is 0.143. The fourth-order valence-electron chi connectivity index (χ4n) is 2.29. The molecule has 3 aromatic rings. The summed E-state index contributed by atoms with van der Waals surface area (Å²) in [5, 5.41) is 0. The summed E-state index contributed by atoms with van der Waals surface area (Å²) in [4.78, 5) is 2.13. The molecule has 122 valence electrons. The Morgan fingerprint density at radius 3 is 1.92 bits per heavy atom. The monoisotopic (exact) mass is 336 g/mol. The number of hydrogen-bond donors (Lipinski definition) is 0. The largest absolute Gasteiger partial charge is 0.495 e. The van der Waals surface area contributed by atoms with Gasteiger partial charge in [0.15, 0.2) is 0 Å². The molecule has 0 bridgehead atoms. The van der Waals surface area contributed by atoms with E-state index in [0.717, 1.165) is 27.0 Å². The minimum absolute atomic E-state index is 0.795. The van der Waals surface area contributed by atoms with Crippen molar-refractivity contribution in [3.05, 3.63) is 77.9 Å². The van der Waals surface area contributed by atoms with Gasteiger partial charge < -0.3 is 9.47 Å². The van der Waals surface area contributed by atoms with Crippen LogP contribution in [0.15, 0.2) is 76.5 Å². The Kier molecular flexibility index (Phi) is 5.11. The van der Waals surface area contributed by atoms with Gasteiger partial charge in [-0.15, -0.1) is 0 Å². The van der Waals surface area contributed by atoms with Crippen molar-refractivity contribution in [2.75, 3.05) is 7.11 Å². The van der Waals surface area contributed by atoms with Crippen LogP contribution in [0.25, 0.3) is 0 Å². The van der Waals surface area contributed by atoms with Crippen molar-refractivity contribution in [1.82, 2.24) is 0 Å². The van der Waals surface area contributed by atoms with E-state index in [0.29, 0.717) is 0 Å². The lowest BCUT2D eigenvalue weighted by Gasteiger charge is -2.14. The molecule has 3 rings (SSSR count). The molecule has 0 atom stereocenters. The molecular formula is C21H20O2S. The molecule has 2 nitrogen and oxygen atoms in total. The minimum Gasteiger partial charge on any atom is -0.495 e. The van der Waals surface area contributed by atoms with Gasteiger partial charge in [0.2, 0.25) is 0 Å². The van der Waals surface area contributed by atoms with Gasteiger partial charge in [0.25, 0.3) is 0 Å². The first kappa shape index (κ1) is 16.5. The zero-order valence-corrected chi connectivity index (χ0v) is 14.9. The maximum absolute atomic E-state index is 6.10. The Morgan fingerprint density at radius 2 is 1.29 bits per heavy atom. The number of ether oxygens (including phenoxy) is 2. The molecule has 3 aromatic carbocycles. The van der Waals surface area contributed by atoms with Crippen LogP contribution in [-0.4, -0.2) is 7.11 Å². The standard InChI is InChI=1S/C21H20O2S/c1-15-7-11-17(12-8-15)23-20-6-4-5-19(22-3)21(20)24-18-13-9-16(2)10-14-18/h4-14H,1-3H3. The van der Waals surface area contributed by atoms with Crippen molar-refractivity contribution in [3.8, 4) is 17.2 Å². The second-order valence-electron chi connectivity index (χ2n) is 5.62. The van der Waals surface area contributed by atoms with E-state index < -0.39 is 0 Å². The summed E-state index contributed by atoms with van der Waals surface area (Å²) in [7, 11) is 1.68. The van der Waals surface area contributed by atoms with Gasteiger partial charge in [-0.25, -0.2) is 0 Å². The molecule has 0 aliphatic rings. The van der Waals surface area contributed by atoms with E-state index in [4.69, 9.17) is 9.47 Å². The quantitative estimate of drug-likeness (QED) is 0.548. The van der Waals surface area contributed by atoms with Crippen molar-refractivity contribution >= 4 is 11.8 Å². The third-order valence-corrected chi connectivity index (χ3v) is 4.77. The summed E-state index contributed by atoms with van der Waals surface area (Å²) in [6, 6.07) is 22.4. The summed E-state index contributed by atoms with van der Waals surface area (Å²) < 4.78 is 11.6. The third kappa shape index (κ3) is 3.92. The van der Waals surface area contributed by atoms with Gasteiger partial charge in [-0.3, -0.25) is 0 Å². The zero-order chi connectivity index (χ0) is 16.9. The van der Waals surface area contributed by atoms with Gasteiger partial charge in [0.05, 0.1) is 12.0 Å². The highest BCUT2D eigenvalue weighted by Gasteiger charge is 2.13. The van der Waals surface area contributed by atoms with E-state index in [-0.39, 0.29) is 0 Å². The van der Waals surface area contributed by atoms with Crippen LogP contribution in [0.2, 0.25) is 0 Å². The second-order valence-corrected chi connectivity index (χ2v) is 6.70. The van der Waals surface area contributed by atoms with Crippen LogP contribution < -0.4 is 9.47 Å². The Morgan fingerprint density at radius 1 is 0.708 bits per heavy atom. The van der Waals surface area contributed by atoms with Gasteiger partial charge in [-0.2, -0.15) is 0 Å². The van der Waals surface area contributed by atoms with E-state index in [9.17, 15) is 0 Å². The van der Waals surface area contributed by atoms with E-state index in [1.807, 2.05) is 42.5 Å². The van der Waals surface area contributed by atoms with Gasteiger partial charge in [0.1, 0.15) is 17.2 Å². The van der Waals surface area contributed by atoms with Gasteiger partial charge >= 0.3 is 0 Å². The van der Waals surface area contributed by atoms with Gasteiger partial charge in [-0.1, -0.05) is 53.2 Å². The molecule has 0 heterocycles. The first-order valence-corrected chi connectivity index (χ1v) is 8.63. The van der Waals surface area contributed by atoms with Crippen molar-refractivity contribution in [1.29, 1.82) is 0 Å². The van der Waals surface area contributed by atoms with Crippen LogP contribution in [0.3, 0.4) is 0 Å². The van der Waals surface area contributed by atoms with Crippen molar-refractivity contribution < 1.29 is 9.47 Å². The van der Waals surface area contributed by atoms with Crippen LogP contribution in [-0.2, 0) is 0 Å². The topological polar surface area (TPSA) is 18.5 Å². The molecular weight excluding hydrogens is 316 g/mol. The Balaban J connectivity index is 1.93. The zero-order valence-electron chi connectivity index (χ0n) is 14.1. The lowest BCUT2D eigenvalue weighted by atomic mass is 10.2. The predicted octanol–water partition coefficient (Wildman–Crippen LogP) is 6.26. The SMILES string of the molecule is COc1cccc(Oc2ccc(C)cc2)c1Sc1ccc(C)cc1. The lowest BCUT2D eigenvalue weighted by molar-refractivity contribution is 0.394. The average molecular weight is 336 g/mol. The smallest absolute Gasteiger partial charge is 0.145 e. The molecule has 0 aliphatic carbocycles. The minimum atomic E-state index is 0.795. The molecule has 0 spiro atoms. The molecule has 3 heteroatoms. The highest BCUT2D eigenvalue weighted by molar-refractivity contribution is 7.99. The van der Waals surface area contributed by atoms with E-state index in [1.165, 1.54) is 11.1 Å². The van der Waals surface area contributed by atoms with Crippen molar-refractivity contribution in [2.24, 2.45) is 0 Å². The normalized spacial score (nSPS) is 10.5. The van der Waals surface area contributed by atoms with Crippen LogP contribution in [0.4, 0.5) is 0 Å². The average Bonchev–Trinajstić information content (AvgIpc) is 2.60.